The van der Waals surface area contributed by atoms with Gasteiger partial charge in [0, 0.05) is 13.0 Å². The summed E-state index contributed by atoms with van der Waals surface area (Å²) in [5.41, 5.74) is 0.0153. The molecule has 2 aliphatic rings. The molecule has 15 heavy (non-hydrogen) atoms. The molecule has 1 N–H and O–H groups in total. The Labute approximate surface area is 89.6 Å². The van der Waals surface area contributed by atoms with Crippen LogP contribution in [0.1, 0.15) is 38.5 Å². The van der Waals surface area contributed by atoms with Gasteiger partial charge in [0.15, 0.2) is 0 Å². The van der Waals surface area contributed by atoms with Gasteiger partial charge in [-0.3, -0.25) is 0 Å². The zero-order valence-electron chi connectivity index (χ0n) is 8.91. The van der Waals surface area contributed by atoms with E-state index in [1.165, 1.54) is 12.8 Å². The van der Waals surface area contributed by atoms with Crippen LogP contribution < -0.4 is 0 Å². The Hall–Kier alpha value is -0.610. The molecule has 1 aliphatic heterocycles. The highest BCUT2D eigenvalue weighted by Crippen LogP contribution is 2.40. The Bertz CT molecular complexity index is 233. The molecule has 1 atom stereocenters. The van der Waals surface area contributed by atoms with Gasteiger partial charge >= 0.3 is 5.97 Å². The lowest BCUT2D eigenvalue weighted by atomic mass is 9.90. The molecule has 1 saturated carbocycles. The molecule has 0 aromatic rings. The number of rotatable bonds is 3. The first-order valence-corrected chi connectivity index (χ1v) is 5.68. The van der Waals surface area contributed by atoms with E-state index in [-0.39, 0.29) is 18.3 Å². The predicted molar refractivity (Wildman–Crippen MR) is 53.8 cm³/mol. The topological polar surface area (TPSA) is 55.8 Å². The van der Waals surface area contributed by atoms with Gasteiger partial charge < -0.3 is 14.6 Å². The van der Waals surface area contributed by atoms with Crippen LogP contribution in [-0.2, 0) is 14.3 Å². The van der Waals surface area contributed by atoms with Gasteiger partial charge in [0.05, 0.1) is 11.7 Å². The minimum atomic E-state index is -0.887. The SMILES string of the molecule is O=C(O)COC1CCOC2(CCCC2)C1. The molecule has 1 aliphatic carbocycles. The fourth-order valence-corrected chi connectivity index (χ4v) is 2.68. The lowest BCUT2D eigenvalue weighted by Gasteiger charge is -2.37. The summed E-state index contributed by atoms with van der Waals surface area (Å²) in [6.07, 6.45) is 6.46. The zero-order chi connectivity index (χ0) is 10.7. The molecule has 86 valence electrons. The van der Waals surface area contributed by atoms with Crippen LogP contribution in [0.25, 0.3) is 0 Å². The number of carboxylic acids is 1. The Balaban J connectivity index is 1.84. The largest absolute Gasteiger partial charge is 0.480 e. The maximum Gasteiger partial charge on any atom is 0.329 e. The lowest BCUT2D eigenvalue weighted by molar-refractivity contribution is -0.156. The second-order valence-electron chi connectivity index (χ2n) is 4.56. The molecular formula is C11H18O4. The summed E-state index contributed by atoms with van der Waals surface area (Å²) in [5.74, 6) is -0.887. The molecule has 0 amide bonds. The second-order valence-corrected chi connectivity index (χ2v) is 4.56. The third kappa shape index (κ3) is 2.69. The van der Waals surface area contributed by atoms with Crippen LogP contribution in [0.3, 0.4) is 0 Å². The van der Waals surface area contributed by atoms with E-state index >= 15 is 0 Å². The van der Waals surface area contributed by atoms with Crippen LogP contribution >= 0.6 is 0 Å². The van der Waals surface area contributed by atoms with Crippen LogP contribution in [0.15, 0.2) is 0 Å². The zero-order valence-corrected chi connectivity index (χ0v) is 8.91. The molecule has 0 aromatic carbocycles. The molecule has 2 fully saturated rings. The Morgan fingerprint density at radius 3 is 2.87 bits per heavy atom. The normalized spacial score (nSPS) is 29.5. The third-order valence-electron chi connectivity index (χ3n) is 3.41. The van der Waals surface area contributed by atoms with E-state index in [4.69, 9.17) is 14.6 Å². The molecule has 1 spiro atoms. The summed E-state index contributed by atoms with van der Waals surface area (Å²) in [5, 5.41) is 8.54. The first kappa shape index (κ1) is 10.9. The lowest BCUT2D eigenvalue weighted by Crippen LogP contribution is -2.41. The van der Waals surface area contributed by atoms with Crippen molar-refractivity contribution in [2.75, 3.05) is 13.2 Å². The molecule has 4 heteroatoms. The summed E-state index contributed by atoms with van der Waals surface area (Å²) in [7, 11) is 0. The molecule has 1 heterocycles. The molecule has 1 saturated heterocycles. The molecule has 0 radical (unpaired) electrons. The number of carbonyl (C=O) groups is 1. The fraction of sp³-hybridized carbons (Fsp3) is 0.909. The van der Waals surface area contributed by atoms with Gasteiger partial charge in [-0.25, -0.2) is 4.79 Å². The summed E-state index contributed by atoms with van der Waals surface area (Å²) in [6.45, 7) is 0.533. The number of hydrogen-bond donors (Lipinski definition) is 1. The van der Waals surface area contributed by atoms with Gasteiger partial charge in [-0.05, 0) is 19.3 Å². The Kier molecular flexibility index (Phi) is 3.26. The van der Waals surface area contributed by atoms with E-state index in [1.807, 2.05) is 0 Å². The third-order valence-corrected chi connectivity index (χ3v) is 3.41. The highest BCUT2D eigenvalue weighted by Gasteiger charge is 2.40. The van der Waals surface area contributed by atoms with E-state index in [2.05, 4.69) is 0 Å². The maximum atomic E-state index is 10.4. The van der Waals surface area contributed by atoms with Gasteiger partial charge in [-0.1, -0.05) is 12.8 Å². The van der Waals surface area contributed by atoms with Crippen molar-refractivity contribution in [3.63, 3.8) is 0 Å². The summed E-state index contributed by atoms with van der Waals surface area (Å²) in [6, 6.07) is 0. The van der Waals surface area contributed by atoms with Crippen molar-refractivity contribution in [1.82, 2.24) is 0 Å². The maximum absolute atomic E-state index is 10.4. The fourth-order valence-electron chi connectivity index (χ4n) is 2.68. The quantitative estimate of drug-likeness (QED) is 0.775. The van der Waals surface area contributed by atoms with E-state index < -0.39 is 5.97 Å². The van der Waals surface area contributed by atoms with Crippen molar-refractivity contribution < 1.29 is 19.4 Å². The van der Waals surface area contributed by atoms with Crippen molar-refractivity contribution in [3.8, 4) is 0 Å². The summed E-state index contributed by atoms with van der Waals surface area (Å²) >= 11 is 0. The first-order valence-electron chi connectivity index (χ1n) is 5.68. The van der Waals surface area contributed by atoms with Crippen LogP contribution in [0, 0.1) is 0 Å². The number of ether oxygens (including phenoxy) is 2. The minimum Gasteiger partial charge on any atom is -0.480 e. The molecule has 2 rings (SSSR count). The highest BCUT2D eigenvalue weighted by atomic mass is 16.5. The van der Waals surface area contributed by atoms with Crippen molar-refractivity contribution in [2.24, 2.45) is 0 Å². The standard InChI is InChI=1S/C11H18O4/c12-10(13)8-14-9-3-6-15-11(7-9)4-1-2-5-11/h9H,1-8H2,(H,12,13). The van der Waals surface area contributed by atoms with Crippen LogP contribution in [0.2, 0.25) is 0 Å². The summed E-state index contributed by atoms with van der Waals surface area (Å²) < 4.78 is 11.2. The van der Waals surface area contributed by atoms with Gasteiger partial charge in [0.25, 0.3) is 0 Å². The molecular weight excluding hydrogens is 196 g/mol. The van der Waals surface area contributed by atoms with Gasteiger partial charge in [0.1, 0.15) is 6.61 Å². The smallest absolute Gasteiger partial charge is 0.329 e. The molecule has 0 bridgehead atoms. The molecule has 4 nitrogen and oxygen atoms in total. The average molecular weight is 214 g/mol. The molecule has 0 aromatic heterocycles. The van der Waals surface area contributed by atoms with E-state index in [0.717, 1.165) is 25.7 Å². The van der Waals surface area contributed by atoms with Crippen molar-refractivity contribution in [3.05, 3.63) is 0 Å². The minimum absolute atomic E-state index is 0.0153. The van der Waals surface area contributed by atoms with Crippen molar-refractivity contribution >= 4 is 5.97 Å². The van der Waals surface area contributed by atoms with Gasteiger partial charge in [-0.2, -0.15) is 0 Å². The second kappa shape index (κ2) is 4.49. The highest BCUT2D eigenvalue weighted by molar-refractivity contribution is 5.68. The summed E-state index contributed by atoms with van der Waals surface area (Å²) in [4.78, 5) is 10.4. The number of aliphatic carboxylic acids is 1. The number of carboxylic acid groups (broad SMARTS) is 1. The van der Waals surface area contributed by atoms with E-state index in [9.17, 15) is 4.79 Å². The van der Waals surface area contributed by atoms with Crippen LogP contribution in [-0.4, -0.2) is 36.0 Å². The van der Waals surface area contributed by atoms with Crippen molar-refractivity contribution in [1.29, 1.82) is 0 Å². The van der Waals surface area contributed by atoms with Gasteiger partial charge in [0.2, 0.25) is 0 Å². The van der Waals surface area contributed by atoms with Crippen LogP contribution in [0.5, 0.6) is 0 Å². The predicted octanol–water partition coefficient (Wildman–Crippen LogP) is 1.58. The number of hydrogen-bond acceptors (Lipinski definition) is 3. The van der Waals surface area contributed by atoms with Crippen molar-refractivity contribution in [2.45, 2.75) is 50.2 Å². The van der Waals surface area contributed by atoms with Crippen LogP contribution in [0.4, 0.5) is 0 Å². The first-order chi connectivity index (χ1) is 7.20. The molecule has 1 unspecified atom stereocenters. The Morgan fingerprint density at radius 2 is 2.20 bits per heavy atom. The van der Waals surface area contributed by atoms with Gasteiger partial charge in [-0.15, -0.1) is 0 Å². The monoisotopic (exact) mass is 214 g/mol. The van der Waals surface area contributed by atoms with E-state index in [1.54, 1.807) is 0 Å². The van der Waals surface area contributed by atoms with E-state index in [0.29, 0.717) is 6.61 Å². The average Bonchev–Trinajstić information content (AvgIpc) is 2.63. The Morgan fingerprint density at radius 1 is 1.47 bits per heavy atom.